The molecule has 2 atom stereocenters. The molecule has 1 fully saturated rings. The van der Waals surface area contributed by atoms with Crippen LogP contribution in [0.4, 0.5) is 0 Å². The maximum absolute atomic E-state index is 12.7. The van der Waals surface area contributed by atoms with Crippen LogP contribution in [-0.4, -0.2) is 37.8 Å². The molecule has 118 valence electrons. The van der Waals surface area contributed by atoms with E-state index in [0.717, 1.165) is 24.8 Å². The zero-order valence-electron chi connectivity index (χ0n) is 13.0. The highest BCUT2D eigenvalue weighted by Crippen LogP contribution is 2.30. The van der Waals surface area contributed by atoms with Crippen LogP contribution in [0.5, 0.6) is 0 Å². The Kier molecular flexibility index (Phi) is 5.35. The lowest BCUT2D eigenvalue weighted by atomic mass is 9.86. The van der Waals surface area contributed by atoms with Crippen molar-refractivity contribution in [2.45, 2.75) is 50.2 Å². The van der Waals surface area contributed by atoms with Gasteiger partial charge in [0.1, 0.15) is 0 Å². The highest BCUT2D eigenvalue weighted by Gasteiger charge is 2.33. The van der Waals surface area contributed by atoms with Gasteiger partial charge in [-0.2, -0.15) is 4.31 Å². The molecule has 0 bridgehead atoms. The summed E-state index contributed by atoms with van der Waals surface area (Å²) in [5, 5.41) is 3.16. The molecule has 0 aromatic carbocycles. The van der Waals surface area contributed by atoms with Crippen LogP contribution in [0.3, 0.4) is 0 Å². The minimum Gasteiger partial charge on any atom is -0.316 e. The molecule has 2 unspecified atom stereocenters. The van der Waals surface area contributed by atoms with E-state index in [9.17, 15) is 8.42 Å². The lowest BCUT2D eigenvalue weighted by Gasteiger charge is -2.35. The fraction of sp³-hybridized carbons (Fsp3) is 0.667. The van der Waals surface area contributed by atoms with Gasteiger partial charge in [0.25, 0.3) is 10.0 Å². The van der Waals surface area contributed by atoms with Crippen molar-refractivity contribution >= 4 is 10.0 Å². The Balaban J connectivity index is 2.19. The van der Waals surface area contributed by atoms with Crippen LogP contribution in [0.2, 0.25) is 0 Å². The van der Waals surface area contributed by atoms with Crippen LogP contribution in [0, 0.1) is 5.92 Å². The van der Waals surface area contributed by atoms with Crippen molar-refractivity contribution in [3.8, 4) is 0 Å². The topological polar surface area (TPSA) is 62.3 Å². The third-order valence-corrected chi connectivity index (χ3v) is 6.15. The maximum atomic E-state index is 12.7. The van der Waals surface area contributed by atoms with E-state index < -0.39 is 10.0 Å². The standard InChI is InChI=1S/C15H25N3O2S/c1-12-6-4-5-7-14(12)18(3)21(19,20)15-9-8-13(10-16-2)11-17-15/h8-9,11-12,14,16H,4-7,10H2,1-3H3. The van der Waals surface area contributed by atoms with Gasteiger partial charge in [0.2, 0.25) is 0 Å². The molecular weight excluding hydrogens is 286 g/mol. The summed E-state index contributed by atoms with van der Waals surface area (Å²) in [7, 11) is 0.0342. The summed E-state index contributed by atoms with van der Waals surface area (Å²) in [5.41, 5.74) is 0.977. The molecule has 6 heteroatoms. The molecule has 0 saturated heterocycles. The van der Waals surface area contributed by atoms with Crippen molar-refractivity contribution < 1.29 is 8.42 Å². The zero-order valence-corrected chi connectivity index (χ0v) is 13.9. The fourth-order valence-electron chi connectivity index (χ4n) is 3.03. The molecule has 1 aliphatic carbocycles. The molecule has 0 amide bonds. The van der Waals surface area contributed by atoms with E-state index in [1.54, 1.807) is 19.3 Å². The first kappa shape index (κ1) is 16.4. The van der Waals surface area contributed by atoms with Gasteiger partial charge in [-0.1, -0.05) is 25.8 Å². The summed E-state index contributed by atoms with van der Waals surface area (Å²) in [5.74, 6) is 0.405. The predicted molar refractivity (Wildman–Crippen MR) is 83.4 cm³/mol. The molecule has 1 N–H and O–H groups in total. The number of aromatic nitrogens is 1. The number of hydrogen-bond acceptors (Lipinski definition) is 4. The summed E-state index contributed by atoms with van der Waals surface area (Å²) in [6.45, 7) is 2.82. The molecule has 0 spiro atoms. The highest BCUT2D eigenvalue weighted by atomic mass is 32.2. The van der Waals surface area contributed by atoms with Crippen molar-refractivity contribution in [2.24, 2.45) is 5.92 Å². The number of nitrogens with one attached hydrogen (secondary N) is 1. The Morgan fingerprint density at radius 1 is 1.33 bits per heavy atom. The van der Waals surface area contributed by atoms with Crippen LogP contribution in [-0.2, 0) is 16.6 Å². The number of hydrogen-bond donors (Lipinski definition) is 1. The summed E-state index contributed by atoms with van der Waals surface area (Å²) in [6, 6.07) is 3.50. The molecule has 0 radical (unpaired) electrons. The average molecular weight is 311 g/mol. The monoisotopic (exact) mass is 311 g/mol. The largest absolute Gasteiger partial charge is 0.316 e. The van der Waals surface area contributed by atoms with Gasteiger partial charge >= 0.3 is 0 Å². The average Bonchev–Trinajstić information content (AvgIpc) is 2.48. The maximum Gasteiger partial charge on any atom is 0.260 e. The molecular formula is C15H25N3O2S. The second kappa shape index (κ2) is 6.85. The van der Waals surface area contributed by atoms with E-state index in [1.165, 1.54) is 10.7 Å². The van der Waals surface area contributed by atoms with Crippen LogP contribution in [0.15, 0.2) is 23.4 Å². The summed E-state index contributed by atoms with van der Waals surface area (Å²) in [6.07, 6.45) is 5.96. The van der Waals surface area contributed by atoms with Crippen molar-refractivity contribution in [3.63, 3.8) is 0 Å². The van der Waals surface area contributed by atoms with Crippen molar-refractivity contribution in [2.75, 3.05) is 14.1 Å². The molecule has 2 rings (SSSR count). The van der Waals surface area contributed by atoms with Gasteiger partial charge < -0.3 is 5.32 Å². The van der Waals surface area contributed by atoms with Crippen LogP contribution in [0.25, 0.3) is 0 Å². The number of sulfonamides is 1. The quantitative estimate of drug-likeness (QED) is 0.903. The van der Waals surface area contributed by atoms with E-state index in [0.29, 0.717) is 12.5 Å². The Hall–Kier alpha value is -0.980. The number of rotatable bonds is 5. The summed E-state index contributed by atoms with van der Waals surface area (Å²) >= 11 is 0. The van der Waals surface area contributed by atoms with Crippen molar-refractivity contribution in [1.82, 2.24) is 14.6 Å². The van der Waals surface area contributed by atoms with Gasteiger partial charge in [-0.15, -0.1) is 0 Å². The first-order valence-corrected chi connectivity index (χ1v) is 8.98. The molecule has 5 nitrogen and oxygen atoms in total. The number of nitrogens with zero attached hydrogens (tertiary/aromatic N) is 2. The Bertz CT molecular complexity index is 557. The molecule has 1 saturated carbocycles. The fourth-order valence-corrected chi connectivity index (χ4v) is 4.43. The smallest absolute Gasteiger partial charge is 0.260 e. The Morgan fingerprint density at radius 2 is 2.05 bits per heavy atom. The third-order valence-electron chi connectivity index (χ3n) is 4.36. The van der Waals surface area contributed by atoms with Gasteiger partial charge in [-0.3, -0.25) is 0 Å². The normalized spacial score (nSPS) is 23.4. The first-order valence-electron chi connectivity index (χ1n) is 7.54. The van der Waals surface area contributed by atoms with E-state index in [2.05, 4.69) is 17.2 Å². The predicted octanol–water partition coefficient (Wildman–Crippen LogP) is 2.00. The summed E-state index contributed by atoms with van der Waals surface area (Å²) in [4.78, 5) is 4.14. The molecule has 1 aliphatic rings. The molecule has 21 heavy (non-hydrogen) atoms. The SMILES string of the molecule is CNCc1ccc(S(=O)(=O)N(C)C2CCCCC2C)nc1. The van der Waals surface area contributed by atoms with Crippen LogP contribution < -0.4 is 5.32 Å². The zero-order chi connectivity index (χ0) is 15.5. The Labute approximate surface area is 127 Å². The van der Waals surface area contributed by atoms with Gasteiger partial charge in [-0.25, -0.2) is 13.4 Å². The molecule has 1 aromatic heterocycles. The minimum atomic E-state index is -3.50. The van der Waals surface area contributed by atoms with Gasteiger partial charge in [0.15, 0.2) is 5.03 Å². The third kappa shape index (κ3) is 3.62. The first-order chi connectivity index (χ1) is 9.96. The van der Waals surface area contributed by atoms with Crippen LogP contribution >= 0.6 is 0 Å². The van der Waals surface area contributed by atoms with E-state index in [4.69, 9.17) is 0 Å². The summed E-state index contributed by atoms with van der Waals surface area (Å²) < 4.78 is 26.9. The van der Waals surface area contributed by atoms with Gasteiger partial charge in [-0.05, 0) is 37.4 Å². The second-order valence-corrected chi connectivity index (χ2v) is 7.83. The van der Waals surface area contributed by atoms with Gasteiger partial charge in [0, 0.05) is 25.8 Å². The molecule has 1 aromatic rings. The Morgan fingerprint density at radius 3 is 2.62 bits per heavy atom. The van der Waals surface area contributed by atoms with Crippen molar-refractivity contribution in [1.29, 1.82) is 0 Å². The molecule has 0 aliphatic heterocycles. The number of pyridine rings is 1. The van der Waals surface area contributed by atoms with E-state index in [-0.39, 0.29) is 11.1 Å². The van der Waals surface area contributed by atoms with E-state index >= 15 is 0 Å². The van der Waals surface area contributed by atoms with Gasteiger partial charge in [0.05, 0.1) is 0 Å². The highest BCUT2D eigenvalue weighted by molar-refractivity contribution is 7.89. The van der Waals surface area contributed by atoms with E-state index in [1.807, 2.05) is 13.1 Å². The van der Waals surface area contributed by atoms with Crippen LogP contribution in [0.1, 0.15) is 38.2 Å². The second-order valence-electron chi connectivity index (χ2n) is 5.89. The molecule has 1 heterocycles. The van der Waals surface area contributed by atoms with Crippen molar-refractivity contribution in [3.05, 3.63) is 23.9 Å². The minimum absolute atomic E-state index is 0.0857. The lowest BCUT2D eigenvalue weighted by Crippen LogP contribution is -2.42. The lowest BCUT2D eigenvalue weighted by molar-refractivity contribution is 0.213.